The fourth-order valence-electron chi connectivity index (χ4n) is 1.60. The van der Waals surface area contributed by atoms with Gasteiger partial charge in [0.25, 0.3) is 17.5 Å². The van der Waals surface area contributed by atoms with Crippen LogP contribution in [0.5, 0.6) is 5.75 Å². The summed E-state index contributed by atoms with van der Waals surface area (Å²) in [4.78, 5) is 33.9. The molecule has 1 aromatic rings. The summed E-state index contributed by atoms with van der Waals surface area (Å²) < 4.78 is 4.97. The van der Waals surface area contributed by atoms with Gasteiger partial charge in [-0.3, -0.25) is 19.7 Å². The minimum atomic E-state index is -0.585. The normalized spacial score (nSPS) is 14.2. The van der Waals surface area contributed by atoms with Gasteiger partial charge >= 0.3 is 0 Å². The van der Waals surface area contributed by atoms with Crippen molar-refractivity contribution in [3.8, 4) is 5.75 Å². The number of anilines is 1. The number of amides is 2. The van der Waals surface area contributed by atoms with Crippen molar-refractivity contribution in [3.05, 3.63) is 40.5 Å². The first-order valence-corrected chi connectivity index (χ1v) is 4.93. The van der Waals surface area contributed by atoms with E-state index in [0.717, 1.165) is 23.1 Å². The Morgan fingerprint density at radius 3 is 2.33 bits per heavy atom. The Hall–Kier alpha value is -2.70. The zero-order chi connectivity index (χ0) is 13.3. The van der Waals surface area contributed by atoms with Gasteiger partial charge in [-0.1, -0.05) is 0 Å². The Balaban J connectivity index is 2.48. The van der Waals surface area contributed by atoms with Crippen molar-refractivity contribution in [2.24, 2.45) is 0 Å². The summed E-state index contributed by atoms with van der Waals surface area (Å²) in [6.45, 7) is 0. The first kappa shape index (κ1) is 11.8. The van der Waals surface area contributed by atoms with Crippen LogP contribution in [-0.4, -0.2) is 23.8 Å². The number of ether oxygens (including phenoxy) is 1. The van der Waals surface area contributed by atoms with Crippen LogP contribution in [0.15, 0.2) is 30.4 Å². The van der Waals surface area contributed by atoms with Crippen molar-refractivity contribution >= 4 is 23.2 Å². The lowest BCUT2D eigenvalue weighted by Gasteiger charge is -2.16. The SMILES string of the molecule is COc1cc([N+](=O)[O-])ccc1N1C(=O)C=CC1=O. The van der Waals surface area contributed by atoms with Crippen LogP contribution in [0.2, 0.25) is 0 Å². The van der Waals surface area contributed by atoms with Crippen molar-refractivity contribution in [1.29, 1.82) is 0 Å². The standard InChI is InChI=1S/C11H8N2O5/c1-18-9-6-7(13(16)17)2-3-8(9)12-10(14)4-5-11(12)15/h2-6H,1H3. The molecule has 0 unspecified atom stereocenters. The maximum absolute atomic E-state index is 11.5. The maximum atomic E-state index is 11.5. The molecular formula is C11H8N2O5. The largest absolute Gasteiger partial charge is 0.494 e. The number of benzene rings is 1. The summed E-state index contributed by atoms with van der Waals surface area (Å²) in [6, 6.07) is 3.67. The highest BCUT2D eigenvalue weighted by Gasteiger charge is 2.28. The number of carbonyl (C=O) groups excluding carboxylic acids is 2. The molecular weight excluding hydrogens is 240 g/mol. The molecule has 1 aliphatic heterocycles. The molecule has 0 saturated heterocycles. The van der Waals surface area contributed by atoms with Crippen LogP contribution in [0, 0.1) is 10.1 Å². The molecule has 0 aliphatic carbocycles. The van der Waals surface area contributed by atoms with Crippen LogP contribution in [0.3, 0.4) is 0 Å². The monoisotopic (exact) mass is 248 g/mol. The van der Waals surface area contributed by atoms with Crippen LogP contribution >= 0.6 is 0 Å². The highest BCUT2D eigenvalue weighted by atomic mass is 16.6. The second-order valence-corrected chi connectivity index (χ2v) is 3.46. The van der Waals surface area contributed by atoms with E-state index in [9.17, 15) is 19.7 Å². The molecule has 0 bridgehead atoms. The third-order valence-electron chi connectivity index (χ3n) is 2.42. The molecule has 1 aliphatic rings. The van der Waals surface area contributed by atoms with Crippen LogP contribution in [0.25, 0.3) is 0 Å². The molecule has 7 heteroatoms. The number of hydrogen-bond acceptors (Lipinski definition) is 5. The molecule has 0 atom stereocenters. The topological polar surface area (TPSA) is 89.8 Å². The van der Waals surface area contributed by atoms with Gasteiger partial charge in [-0.15, -0.1) is 0 Å². The number of rotatable bonds is 3. The van der Waals surface area contributed by atoms with E-state index in [-0.39, 0.29) is 17.1 Å². The van der Waals surface area contributed by atoms with E-state index in [1.54, 1.807) is 0 Å². The van der Waals surface area contributed by atoms with Gasteiger partial charge in [0.2, 0.25) is 0 Å². The highest BCUT2D eigenvalue weighted by molar-refractivity contribution is 6.28. The van der Waals surface area contributed by atoms with Gasteiger partial charge in [0, 0.05) is 18.2 Å². The van der Waals surface area contributed by atoms with Crippen molar-refractivity contribution in [2.75, 3.05) is 12.0 Å². The number of non-ortho nitro benzene ring substituents is 1. The molecule has 1 aromatic carbocycles. The summed E-state index contributed by atoms with van der Waals surface area (Å²) in [6.07, 6.45) is 2.26. The number of nitro benzene ring substituents is 1. The van der Waals surface area contributed by atoms with Gasteiger partial charge in [0.1, 0.15) is 5.75 Å². The molecule has 0 saturated carbocycles. The van der Waals surface area contributed by atoms with Crippen molar-refractivity contribution in [1.82, 2.24) is 0 Å². The van der Waals surface area contributed by atoms with E-state index in [2.05, 4.69) is 0 Å². The van der Waals surface area contributed by atoms with Gasteiger partial charge in [0.15, 0.2) is 0 Å². The number of carbonyl (C=O) groups is 2. The molecule has 0 radical (unpaired) electrons. The Kier molecular flexibility index (Phi) is 2.80. The van der Waals surface area contributed by atoms with E-state index < -0.39 is 16.7 Å². The second-order valence-electron chi connectivity index (χ2n) is 3.46. The second kappa shape index (κ2) is 4.28. The van der Waals surface area contributed by atoms with Crippen molar-refractivity contribution in [3.63, 3.8) is 0 Å². The molecule has 2 amide bonds. The van der Waals surface area contributed by atoms with E-state index in [4.69, 9.17) is 4.74 Å². The third kappa shape index (κ3) is 1.81. The average molecular weight is 248 g/mol. The first-order valence-electron chi connectivity index (χ1n) is 4.93. The van der Waals surface area contributed by atoms with E-state index in [1.165, 1.54) is 19.2 Å². The number of imide groups is 1. The van der Waals surface area contributed by atoms with E-state index in [1.807, 2.05) is 0 Å². The molecule has 18 heavy (non-hydrogen) atoms. The van der Waals surface area contributed by atoms with Gasteiger partial charge in [-0.2, -0.15) is 0 Å². The lowest BCUT2D eigenvalue weighted by atomic mass is 10.2. The molecule has 0 N–H and O–H groups in total. The minimum Gasteiger partial charge on any atom is -0.494 e. The van der Waals surface area contributed by atoms with Gasteiger partial charge in [-0.05, 0) is 6.07 Å². The number of nitro groups is 1. The smallest absolute Gasteiger partial charge is 0.273 e. The number of methoxy groups -OCH3 is 1. The Morgan fingerprint density at radius 2 is 1.83 bits per heavy atom. The van der Waals surface area contributed by atoms with Crippen molar-refractivity contribution < 1.29 is 19.2 Å². The zero-order valence-electron chi connectivity index (χ0n) is 9.32. The lowest BCUT2D eigenvalue weighted by Crippen LogP contribution is -2.29. The van der Waals surface area contributed by atoms with E-state index in [0.29, 0.717) is 0 Å². The molecule has 0 spiro atoms. The summed E-state index contributed by atoms with van der Waals surface area (Å²) >= 11 is 0. The summed E-state index contributed by atoms with van der Waals surface area (Å²) in [5.41, 5.74) is 0.00533. The van der Waals surface area contributed by atoms with Gasteiger partial charge in [-0.25, -0.2) is 4.90 Å². The Labute approximate surface area is 101 Å². The minimum absolute atomic E-state index is 0.0922. The zero-order valence-corrected chi connectivity index (χ0v) is 9.32. The van der Waals surface area contributed by atoms with Crippen molar-refractivity contribution in [2.45, 2.75) is 0 Å². The predicted octanol–water partition coefficient (Wildman–Crippen LogP) is 1.03. The molecule has 2 rings (SSSR count). The highest BCUT2D eigenvalue weighted by Crippen LogP contribution is 2.33. The molecule has 92 valence electrons. The van der Waals surface area contributed by atoms with Crippen LogP contribution in [0.1, 0.15) is 0 Å². The van der Waals surface area contributed by atoms with Gasteiger partial charge < -0.3 is 4.74 Å². The quantitative estimate of drug-likeness (QED) is 0.452. The summed E-state index contributed by atoms with van der Waals surface area (Å²) in [5.74, 6) is -0.922. The molecule has 7 nitrogen and oxygen atoms in total. The Bertz CT molecular complexity index is 561. The summed E-state index contributed by atoms with van der Waals surface area (Å²) in [5, 5.41) is 10.6. The molecule has 0 aromatic heterocycles. The average Bonchev–Trinajstić information content (AvgIpc) is 2.68. The maximum Gasteiger partial charge on any atom is 0.273 e. The first-order chi connectivity index (χ1) is 8.54. The fraction of sp³-hybridized carbons (Fsp3) is 0.0909. The molecule has 0 fully saturated rings. The lowest BCUT2D eigenvalue weighted by molar-refractivity contribution is -0.384. The summed E-state index contributed by atoms with van der Waals surface area (Å²) in [7, 11) is 1.31. The third-order valence-corrected chi connectivity index (χ3v) is 2.42. The molecule has 1 heterocycles. The predicted molar refractivity (Wildman–Crippen MR) is 61.3 cm³/mol. The van der Waals surface area contributed by atoms with E-state index >= 15 is 0 Å². The number of nitrogens with zero attached hydrogens (tertiary/aromatic N) is 2. The van der Waals surface area contributed by atoms with Crippen LogP contribution < -0.4 is 9.64 Å². The fourth-order valence-corrected chi connectivity index (χ4v) is 1.60. The van der Waals surface area contributed by atoms with Crippen LogP contribution in [0.4, 0.5) is 11.4 Å². The number of hydrogen-bond donors (Lipinski definition) is 0. The van der Waals surface area contributed by atoms with Crippen LogP contribution in [-0.2, 0) is 9.59 Å². The Morgan fingerprint density at radius 1 is 1.22 bits per heavy atom. The van der Waals surface area contributed by atoms with Gasteiger partial charge in [0.05, 0.1) is 23.8 Å².